The van der Waals surface area contributed by atoms with E-state index in [0.29, 0.717) is 0 Å². The molecule has 2 aromatic rings. The third-order valence-corrected chi connectivity index (χ3v) is 4.05. The molecule has 3 nitrogen and oxygen atoms in total. The highest BCUT2D eigenvalue weighted by Gasteiger charge is 2.16. The van der Waals surface area contributed by atoms with Crippen LogP contribution in [0.15, 0.2) is 42.6 Å². The number of nitrogens with zero attached hydrogens (tertiary/aromatic N) is 2. The van der Waals surface area contributed by atoms with Gasteiger partial charge >= 0.3 is 0 Å². The molecule has 0 aliphatic carbocycles. The van der Waals surface area contributed by atoms with E-state index >= 15 is 0 Å². The maximum absolute atomic E-state index is 4.48. The number of anilines is 2. The summed E-state index contributed by atoms with van der Waals surface area (Å²) in [5.74, 6) is 1.02. The molecule has 0 saturated heterocycles. The van der Waals surface area contributed by atoms with Crippen molar-refractivity contribution < 1.29 is 0 Å². The van der Waals surface area contributed by atoms with Crippen LogP contribution in [0.25, 0.3) is 0 Å². The Balaban J connectivity index is 1.88. The second-order valence-electron chi connectivity index (χ2n) is 5.55. The molecule has 0 unspecified atom stereocenters. The standard InChI is InChI=1S/C18H23N3/c1-2-19-18-16(10-7-12-20-18)14-21-13-6-5-9-15-8-3-4-11-17(15)21/h3-4,7-8,10-12H,2,5-6,9,13-14H2,1H3,(H,19,20). The third kappa shape index (κ3) is 3.18. The minimum Gasteiger partial charge on any atom is -0.370 e. The van der Waals surface area contributed by atoms with Gasteiger partial charge in [-0.05, 0) is 43.9 Å². The van der Waals surface area contributed by atoms with Crippen molar-refractivity contribution in [1.82, 2.24) is 4.98 Å². The van der Waals surface area contributed by atoms with E-state index in [1.807, 2.05) is 12.3 Å². The Bertz CT molecular complexity index is 595. The predicted molar refractivity (Wildman–Crippen MR) is 88.8 cm³/mol. The molecule has 3 heteroatoms. The molecule has 1 aromatic carbocycles. The van der Waals surface area contributed by atoms with Crippen molar-refractivity contribution >= 4 is 11.5 Å². The number of aromatic nitrogens is 1. The number of nitrogens with one attached hydrogen (secondary N) is 1. The smallest absolute Gasteiger partial charge is 0.130 e. The molecule has 0 amide bonds. The Labute approximate surface area is 127 Å². The van der Waals surface area contributed by atoms with Crippen LogP contribution >= 0.6 is 0 Å². The van der Waals surface area contributed by atoms with Crippen molar-refractivity contribution in [3.05, 3.63) is 53.7 Å². The number of aryl methyl sites for hydroxylation is 1. The lowest BCUT2D eigenvalue weighted by molar-refractivity contribution is 0.714. The van der Waals surface area contributed by atoms with Gasteiger partial charge in [-0.2, -0.15) is 0 Å². The Morgan fingerprint density at radius 1 is 1.14 bits per heavy atom. The third-order valence-electron chi connectivity index (χ3n) is 4.05. The molecule has 0 atom stereocenters. The van der Waals surface area contributed by atoms with Gasteiger partial charge in [-0.3, -0.25) is 0 Å². The summed E-state index contributed by atoms with van der Waals surface area (Å²) in [5, 5.41) is 3.37. The minimum absolute atomic E-state index is 0.903. The average molecular weight is 281 g/mol. The summed E-state index contributed by atoms with van der Waals surface area (Å²) >= 11 is 0. The number of benzene rings is 1. The molecular weight excluding hydrogens is 258 g/mol. The van der Waals surface area contributed by atoms with Gasteiger partial charge in [0.1, 0.15) is 5.82 Å². The van der Waals surface area contributed by atoms with Crippen molar-refractivity contribution in [3.8, 4) is 0 Å². The summed E-state index contributed by atoms with van der Waals surface area (Å²) in [6.07, 6.45) is 5.59. The van der Waals surface area contributed by atoms with E-state index in [-0.39, 0.29) is 0 Å². The van der Waals surface area contributed by atoms with Crippen LogP contribution in [0.5, 0.6) is 0 Å². The second-order valence-corrected chi connectivity index (χ2v) is 5.55. The number of para-hydroxylation sites is 1. The topological polar surface area (TPSA) is 28.2 Å². The van der Waals surface area contributed by atoms with Crippen LogP contribution < -0.4 is 10.2 Å². The summed E-state index contributed by atoms with van der Waals surface area (Å²) in [6, 6.07) is 13.0. The van der Waals surface area contributed by atoms with Gasteiger partial charge < -0.3 is 10.2 Å². The highest BCUT2D eigenvalue weighted by atomic mass is 15.1. The predicted octanol–water partition coefficient (Wildman–Crippen LogP) is 3.86. The maximum Gasteiger partial charge on any atom is 0.130 e. The van der Waals surface area contributed by atoms with Gasteiger partial charge in [0, 0.05) is 37.1 Å². The minimum atomic E-state index is 0.903. The second kappa shape index (κ2) is 6.61. The van der Waals surface area contributed by atoms with Crippen molar-refractivity contribution in [1.29, 1.82) is 0 Å². The number of pyridine rings is 1. The van der Waals surface area contributed by atoms with Crippen LogP contribution in [-0.4, -0.2) is 18.1 Å². The SMILES string of the molecule is CCNc1ncccc1CN1CCCCc2ccccc21. The molecule has 1 aromatic heterocycles. The van der Waals surface area contributed by atoms with Crippen molar-refractivity contribution in [2.24, 2.45) is 0 Å². The highest BCUT2D eigenvalue weighted by Crippen LogP contribution is 2.28. The molecule has 1 aliphatic heterocycles. The Hall–Kier alpha value is -2.03. The van der Waals surface area contributed by atoms with Crippen LogP contribution in [0, 0.1) is 0 Å². The Morgan fingerprint density at radius 2 is 2.05 bits per heavy atom. The molecule has 3 rings (SSSR count). The lowest BCUT2D eigenvalue weighted by atomic mass is 10.1. The molecule has 21 heavy (non-hydrogen) atoms. The summed E-state index contributed by atoms with van der Waals surface area (Å²) in [4.78, 5) is 6.98. The first-order valence-electron chi connectivity index (χ1n) is 7.89. The number of hydrogen-bond donors (Lipinski definition) is 1. The molecule has 1 N–H and O–H groups in total. The van der Waals surface area contributed by atoms with E-state index in [2.05, 4.69) is 52.5 Å². The van der Waals surface area contributed by atoms with E-state index in [1.165, 1.54) is 36.1 Å². The van der Waals surface area contributed by atoms with Crippen LogP contribution in [0.2, 0.25) is 0 Å². The Morgan fingerprint density at radius 3 is 2.95 bits per heavy atom. The normalized spacial score (nSPS) is 14.4. The van der Waals surface area contributed by atoms with E-state index < -0.39 is 0 Å². The largest absolute Gasteiger partial charge is 0.370 e. The first kappa shape index (κ1) is 13.9. The zero-order valence-corrected chi connectivity index (χ0v) is 12.7. The van der Waals surface area contributed by atoms with Gasteiger partial charge in [0.25, 0.3) is 0 Å². The molecule has 2 heterocycles. The first-order valence-corrected chi connectivity index (χ1v) is 7.89. The molecule has 0 radical (unpaired) electrons. The van der Waals surface area contributed by atoms with Gasteiger partial charge in [-0.25, -0.2) is 4.98 Å². The van der Waals surface area contributed by atoms with Gasteiger partial charge in [0.15, 0.2) is 0 Å². The fraction of sp³-hybridized carbons (Fsp3) is 0.389. The summed E-state index contributed by atoms with van der Waals surface area (Å²) < 4.78 is 0. The van der Waals surface area contributed by atoms with Gasteiger partial charge in [-0.1, -0.05) is 24.3 Å². The van der Waals surface area contributed by atoms with Gasteiger partial charge in [-0.15, -0.1) is 0 Å². The lowest BCUT2D eigenvalue weighted by Gasteiger charge is -2.26. The monoisotopic (exact) mass is 281 g/mol. The Kier molecular flexibility index (Phi) is 4.39. The van der Waals surface area contributed by atoms with Crippen molar-refractivity contribution in [2.75, 3.05) is 23.3 Å². The van der Waals surface area contributed by atoms with Crippen LogP contribution in [-0.2, 0) is 13.0 Å². The van der Waals surface area contributed by atoms with E-state index in [4.69, 9.17) is 0 Å². The quantitative estimate of drug-likeness (QED) is 0.922. The molecular formula is C18H23N3. The van der Waals surface area contributed by atoms with Crippen LogP contribution in [0.3, 0.4) is 0 Å². The highest BCUT2D eigenvalue weighted by molar-refractivity contribution is 5.56. The molecule has 0 spiro atoms. The van der Waals surface area contributed by atoms with Crippen LogP contribution in [0.1, 0.15) is 30.9 Å². The van der Waals surface area contributed by atoms with Gasteiger partial charge in [0.05, 0.1) is 0 Å². The number of hydrogen-bond acceptors (Lipinski definition) is 3. The lowest BCUT2D eigenvalue weighted by Crippen LogP contribution is -2.24. The van der Waals surface area contributed by atoms with Crippen molar-refractivity contribution in [3.63, 3.8) is 0 Å². The van der Waals surface area contributed by atoms with Crippen LogP contribution in [0.4, 0.5) is 11.5 Å². The van der Waals surface area contributed by atoms with E-state index in [1.54, 1.807) is 0 Å². The molecule has 1 aliphatic rings. The number of rotatable bonds is 4. The molecule has 0 saturated carbocycles. The number of fused-ring (bicyclic) bond motifs is 1. The zero-order valence-electron chi connectivity index (χ0n) is 12.7. The molecule has 0 fully saturated rings. The summed E-state index contributed by atoms with van der Waals surface area (Å²) in [7, 11) is 0. The summed E-state index contributed by atoms with van der Waals surface area (Å²) in [6.45, 7) is 5.06. The fourth-order valence-corrected chi connectivity index (χ4v) is 3.03. The molecule has 0 bridgehead atoms. The van der Waals surface area contributed by atoms with Crippen molar-refractivity contribution in [2.45, 2.75) is 32.7 Å². The maximum atomic E-state index is 4.48. The zero-order chi connectivity index (χ0) is 14.5. The fourth-order valence-electron chi connectivity index (χ4n) is 3.03. The molecule has 110 valence electrons. The average Bonchev–Trinajstić information content (AvgIpc) is 2.72. The van der Waals surface area contributed by atoms with E-state index in [0.717, 1.165) is 25.5 Å². The first-order chi connectivity index (χ1) is 10.4. The van der Waals surface area contributed by atoms with E-state index in [9.17, 15) is 0 Å². The van der Waals surface area contributed by atoms with Gasteiger partial charge in [0.2, 0.25) is 0 Å². The summed E-state index contributed by atoms with van der Waals surface area (Å²) in [5.41, 5.74) is 4.14.